The maximum Gasteiger partial charge on any atom is 0.145 e. The molecule has 0 amide bonds. The summed E-state index contributed by atoms with van der Waals surface area (Å²) in [5, 5.41) is 4.16. The summed E-state index contributed by atoms with van der Waals surface area (Å²) in [5.41, 5.74) is 15.8. The van der Waals surface area contributed by atoms with Crippen LogP contribution in [0.5, 0.6) is 11.5 Å². The molecule has 0 spiro atoms. The molecule has 0 aliphatic carbocycles. The van der Waals surface area contributed by atoms with E-state index in [0.29, 0.717) is 23.7 Å². The fourth-order valence-electron chi connectivity index (χ4n) is 11.1. The first kappa shape index (κ1) is 42.3. The lowest BCUT2D eigenvalue weighted by Gasteiger charge is -2.32. The van der Waals surface area contributed by atoms with Crippen molar-refractivity contribution in [2.24, 2.45) is 0 Å². The topological polar surface area (TPSA) is 46.7 Å². The van der Waals surface area contributed by atoms with Gasteiger partial charge in [0.25, 0.3) is 0 Å². The maximum atomic E-state index is 9.49. The highest BCUT2D eigenvalue weighted by Crippen LogP contribution is 2.54. The molecule has 11 aromatic rings. The van der Waals surface area contributed by atoms with Gasteiger partial charge in [-0.1, -0.05) is 147 Å². The summed E-state index contributed by atoms with van der Waals surface area (Å²) in [6.07, 6.45) is 1.89. The normalized spacial score (nSPS) is 14.2. The lowest BCUT2D eigenvalue weighted by molar-refractivity contribution is 0.483. The van der Waals surface area contributed by atoms with E-state index in [1.165, 1.54) is 16.7 Å². The molecule has 374 valence electrons. The monoisotopic (exact) mass is 988 g/mol. The summed E-state index contributed by atoms with van der Waals surface area (Å²) in [6.45, 7) is 26.7. The van der Waals surface area contributed by atoms with Crippen LogP contribution in [0, 0.1) is 20.8 Å². The van der Waals surface area contributed by atoms with Gasteiger partial charge >= 0.3 is 0 Å². The third kappa shape index (κ3) is 8.14. The van der Waals surface area contributed by atoms with Crippen LogP contribution in [0.3, 0.4) is 0 Å². The summed E-state index contributed by atoms with van der Waals surface area (Å²) in [5.74, 6) is 2.10. The molecule has 6 heteroatoms. The van der Waals surface area contributed by atoms with Crippen molar-refractivity contribution >= 4 is 66.5 Å². The van der Waals surface area contributed by atoms with Gasteiger partial charge in [0.05, 0.1) is 40.3 Å². The molecular weight excluding hydrogens is 917 g/mol. The molecule has 0 bridgehead atoms. The lowest BCUT2D eigenvalue weighted by atomic mass is 9.77. The number of benzene rings is 8. The predicted molar refractivity (Wildman–Crippen MR) is 316 cm³/mol. The number of fused-ring (bicyclic) bond motifs is 8. The molecule has 1 aliphatic rings. The van der Waals surface area contributed by atoms with Crippen LogP contribution in [0.25, 0.3) is 71.8 Å². The van der Waals surface area contributed by atoms with Crippen LogP contribution in [-0.4, -0.2) is 16.2 Å². The van der Waals surface area contributed by atoms with Gasteiger partial charge in [0.2, 0.25) is 0 Å². The number of anilines is 4. The molecule has 0 saturated carbocycles. The number of hydrogen-bond acceptors (Lipinski definition) is 5. The molecule has 12 rings (SSSR count). The summed E-state index contributed by atoms with van der Waals surface area (Å²) in [6, 6.07) is 44.7. The van der Waals surface area contributed by atoms with Gasteiger partial charge in [-0.3, -0.25) is 4.57 Å². The van der Waals surface area contributed by atoms with Gasteiger partial charge in [-0.2, -0.15) is 0 Å². The molecule has 1 aliphatic heterocycles. The average molecular weight is 988 g/mol. The molecule has 8 aromatic carbocycles. The molecule has 4 heterocycles. The Hall–Kier alpha value is -8.09. The van der Waals surface area contributed by atoms with E-state index >= 15 is 0 Å². The quantitative estimate of drug-likeness (QED) is 0.159. The number of furan rings is 1. The molecule has 6 nitrogen and oxygen atoms in total. The Morgan fingerprint density at radius 2 is 1.17 bits per heavy atom. The highest BCUT2D eigenvalue weighted by atomic mass is 16.5. The third-order valence-corrected chi connectivity index (χ3v) is 15.5. The minimum atomic E-state index is -0.422. The fraction of sp³-hybridized carbons (Fsp3) is 0.232. The molecule has 75 heavy (non-hydrogen) atoms. The smallest absolute Gasteiger partial charge is 0.145 e. The highest BCUT2D eigenvalue weighted by Gasteiger charge is 2.34. The zero-order valence-electron chi connectivity index (χ0n) is 50.1. The zero-order chi connectivity index (χ0) is 56.6. The summed E-state index contributed by atoms with van der Waals surface area (Å²) in [7, 11) is 0. The summed E-state index contributed by atoms with van der Waals surface area (Å²) >= 11 is 0. The van der Waals surface area contributed by atoms with Gasteiger partial charge in [0, 0.05) is 51.3 Å². The zero-order valence-corrected chi connectivity index (χ0v) is 45.1. The Labute approximate surface area is 448 Å². The molecule has 0 fully saturated rings. The number of ether oxygens (including phenoxy) is 1. The molecular formula is C69H66N4O2. The molecule has 0 unspecified atom stereocenters. The first-order chi connectivity index (χ1) is 37.9. The van der Waals surface area contributed by atoms with Crippen molar-refractivity contribution in [3.05, 3.63) is 203 Å². The Morgan fingerprint density at radius 3 is 1.88 bits per heavy atom. The van der Waals surface area contributed by atoms with Gasteiger partial charge in [-0.05, 0) is 148 Å². The minimum Gasteiger partial charge on any atom is -0.457 e. The van der Waals surface area contributed by atoms with E-state index in [0.717, 1.165) is 100 Å². The van der Waals surface area contributed by atoms with E-state index in [1.807, 2.05) is 61.7 Å². The van der Waals surface area contributed by atoms with Crippen molar-refractivity contribution in [3.8, 4) is 39.6 Å². The molecule has 0 radical (unpaired) electrons. The van der Waals surface area contributed by atoms with Crippen LogP contribution >= 0.6 is 0 Å². The van der Waals surface area contributed by atoms with Crippen LogP contribution in [0.4, 0.5) is 22.7 Å². The van der Waals surface area contributed by atoms with Gasteiger partial charge in [-0.15, -0.1) is 0 Å². The van der Waals surface area contributed by atoms with E-state index in [2.05, 4.69) is 175 Å². The van der Waals surface area contributed by atoms with Gasteiger partial charge in [0.1, 0.15) is 35.2 Å². The second-order valence-electron chi connectivity index (χ2n) is 23.5. The molecule has 3 aromatic heterocycles. The molecule has 0 N–H and O–H groups in total. The second-order valence-corrected chi connectivity index (χ2v) is 23.5. The van der Waals surface area contributed by atoms with Crippen molar-refractivity contribution in [2.45, 2.75) is 99.3 Å². The molecule has 0 saturated heterocycles. The number of pyridine rings is 1. The largest absolute Gasteiger partial charge is 0.457 e. The van der Waals surface area contributed by atoms with Crippen molar-refractivity contribution in [3.63, 3.8) is 0 Å². The van der Waals surface area contributed by atoms with Crippen molar-refractivity contribution < 1.29 is 16.0 Å². The number of para-hydroxylation sites is 3. The van der Waals surface area contributed by atoms with Gasteiger partial charge in [0.15, 0.2) is 0 Å². The average Bonchev–Trinajstić information content (AvgIpc) is 4.28. The highest BCUT2D eigenvalue weighted by molar-refractivity contribution is 6.24. The van der Waals surface area contributed by atoms with Crippen LogP contribution < -0.4 is 14.5 Å². The van der Waals surface area contributed by atoms with E-state index in [-0.39, 0.29) is 46.0 Å². The Morgan fingerprint density at radius 1 is 0.533 bits per heavy atom. The summed E-state index contributed by atoms with van der Waals surface area (Å²) < 4.78 is 61.3. The number of aromatic nitrogens is 2. The van der Waals surface area contributed by atoms with E-state index in [9.17, 15) is 2.74 Å². The maximum absolute atomic E-state index is 9.49. The van der Waals surface area contributed by atoms with Crippen LogP contribution in [0.15, 0.2) is 174 Å². The molecule has 0 atom stereocenters. The standard InChI is InChI=1S/C69H66N4O2/c1-42-43(2)62(45-21-14-13-15-22-45)65(63(44(42)3)46-35-48(68(7,8)9)37-49(36-46)69(10,11)12)72-41-71(56-26-17-18-27-57(56)72)50-23-20-24-51(39-50)74-52-29-30-55-59(40-52)73(61-38-47(33-34-70-61)67(4,5)6)58-32-31-54-53-25-16-19-28-60(53)75-66(54)64(55)58/h13-40H,41H2,1-12H3/i13D,14D,15D,21D,22D. The third-order valence-electron chi connectivity index (χ3n) is 15.5. The Kier molecular flexibility index (Phi) is 9.88. The van der Waals surface area contributed by atoms with Crippen LogP contribution in [0.1, 0.15) is 103 Å². The van der Waals surface area contributed by atoms with Gasteiger partial charge < -0.3 is 19.0 Å². The summed E-state index contributed by atoms with van der Waals surface area (Å²) in [4.78, 5) is 9.52. The fourth-order valence-corrected chi connectivity index (χ4v) is 11.1. The van der Waals surface area contributed by atoms with E-state index in [4.69, 9.17) is 18.3 Å². The number of hydrogen-bond donors (Lipinski definition) is 0. The van der Waals surface area contributed by atoms with Crippen molar-refractivity contribution in [1.29, 1.82) is 0 Å². The SMILES string of the molecule is [2H]c1c([2H])c([2H])c(-c2c(C)c(C)c(C)c(-c3cc(C(C)(C)C)cc(C(C)(C)C)c3)c2N2CN(c3cccc(Oc4ccc5c6c7oc8ccccc8c7ccc6n(-c6cc(C(C)(C)C)ccn6)c5c4)c3)c3ccccc32)c([2H])c1[2H]. The van der Waals surface area contributed by atoms with Crippen molar-refractivity contribution in [2.75, 3.05) is 16.5 Å². The predicted octanol–water partition coefficient (Wildman–Crippen LogP) is 19.3. The van der Waals surface area contributed by atoms with Crippen LogP contribution in [0.2, 0.25) is 0 Å². The first-order valence-corrected chi connectivity index (χ1v) is 26.1. The lowest BCUT2D eigenvalue weighted by Crippen LogP contribution is -2.25. The van der Waals surface area contributed by atoms with Gasteiger partial charge in [-0.25, -0.2) is 4.98 Å². The Balaban J connectivity index is 1.02. The van der Waals surface area contributed by atoms with E-state index < -0.39 is 6.04 Å². The van der Waals surface area contributed by atoms with Crippen LogP contribution in [-0.2, 0) is 16.2 Å². The number of rotatable bonds is 7. The number of nitrogens with zero attached hydrogens (tertiary/aromatic N) is 4. The Bertz CT molecular complexity index is 4320. The van der Waals surface area contributed by atoms with E-state index in [1.54, 1.807) is 0 Å². The minimum absolute atomic E-state index is 0.101. The second kappa shape index (κ2) is 17.5. The first-order valence-electron chi connectivity index (χ1n) is 28.6. The van der Waals surface area contributed by atoms with Crippen molar-refractivity contribution in [1.82, 2.24) is 9.55 Å².